The fourth-order valence-corrected chi connectivity index (χ4v) is 6.45. The van der Waals surface area contributed by atoms with Crippen molar-refractivity contribution in [3.05, 3.63) is 117 Å². The molecule has 0 saturated heterocycles. The number of aryl methyl sites for hydroxylation is 1. The van der Waals surface area contributed by atoms with Crippen LogP contribution in [0.25, 0.3) is 11.3 Å². The molecule has 3 aromatic carbocycles. The number of aromatic amines is 1. The fraction of sp³-hybridized carbons (Fsp3) is 0.257. The van der Waals surface area contributed by atoms with Gasteiger partial charge in [-0.15, -0.1) is 11.3 Å². The topological polar surface area (TPSA) is 175 Å². The summed E-state index contributed by atoms with van der Waals surface area (Å²) in [5.41, 5.74) is 1.00. The second-order valence-electron chi connectivity index (χ2n) is 11.4. The summed E-state index contributed by atoms with van der Waals surface area (Å²) in [5.74, 6) is -2.94. The van der Waals surface area contributed by atoms with Gasteiger partial charge in [0.15, 0.2) is 0 Å². The van der Waals surface area contributed by atoms with Crippen LogP contribution < -0.4 is 10.6 Å². The molecule has 5 aromatic rings. The van der Waals surface area contributed by atoms with Crippen LogP contribution in [0.5, 0.6) is 0 Å². The molecular formula is C35H33F2N7O5S. The molecule has 0 aliphatic carbocycles. The minimum Gasteiger partial charge on any atom is -0.460 e. The molecule has 0 radical (unpaired) electrons. The predicted octanol–water partition coefficient (Wildman–Crippen LogP) is 5.50. The van der Waals surface area contributed by atoms with Crippen molar-refractivity contribution in [3.63, 3.8) is 0 Å². The fourth-order valence-electron chi connectivity index (χ4n) is 5.40. The number of ether oxygens (including phenoxy) is 2. The van der Waals surface area contributed by atoms with Crippen LogP contribution in [0.1, 0.15) is 45.4 Å². The van der Waals surface area contributed by atoms with Gasteiger partial charge >= 0.3 is 12.1 Å². The largest absolute Gasteiger partial charge is 0.460 e. The Bertz CT molecular complexity index is 1980. The van der Waals surface area contributed by atoms with Crippen LogP contribution in [0, 0.1) is 29.9 Å². The normalized spacial score (nSPS) is 12.8. The maximum Gasteiger partial charge on any atom is 0.411 e. The summed E-state index contributed by atoms with van der Waals surface area (Å²) >= 11 is 1.18. The minimum atomic E-state index is -2.15. The molecule has 0 saturated carbocycles. The van der Waals surface area contributed by atoms with Gasteiger partial charge in [-0.3, -0.25) is 15.2 Å². The van der Waals surface area contributed by atoms with Crippen molar-refractivity contribution in [1.82, 2.24) is 25.5 Å². The molecule has 4 N–H and O–H groups in total. The number of esters is 1. The number of likely N-dealkylation sites (N-methyl/N-ethyl adjacent to an activating group) is 1. The molecule has 0 bridgehead atoms. The van der Waals surface area contributed by atoms with E-state index in [1.807, 2.05) is 6.92 Å². The monoisotopic (exact) mass is 701 g/mol. The molecule has 50 heavy (non-hydrogen) atoms. The van der Waals surface area contributed by atoms with Crippen molar-refractivity contribution >= 4 is 29.1 Å². The Labute approximate surface area is 290 Å². The van der Waals surface area contributed by atoms with Gasteiger partial charge in [0, 0.05) is 34.4 Å². The number of aromatic nitrogens is 4. The van der Waals surface area contributed by atoms with Crippen LogP contribution in [0.15, 0.2) is 72.4 Å². The van der Waals surface area contributed by atoms with E-state index < -0.39 is 35.2 Å². The number of anilines is 1. The first kappa shape index (κ1) is 35.7. The molecule has 1 amide bonds. The zero-order chi connectivity index (χ0) is 35.7. The number of H-pyrrole nitrogens is 1. The van der Waals surface area contributed by atoms with Crippen molar-refractivity contribution in [2.24, 2.45) is 0 Å². The number of nitriles is 1. The van der Waals surface area contributed by atoms with E-state index in [1.165, 1.54) is 17.7 Å². The van der Waals surface area contributed by atoms with Gasteiger partial charge in [-0.05, 0) is 56.8 Å². The molecule has 2 heterocycles. The molecule has 5 rings (SSSR count). The lowest BCUT2D eigenvalue weighted by Crippen LogP contribution is -2.38. The van der Waals surface area contributed by atoms with E-state index in [0.29, 0.717) is 33.1 Å². The van der Waals surface area contributed by atoms with Crippen LogP contribution in [-0.4, -0.2) is 57.5 Å². The summed E-state index contributed by atoms with van der Waals surface area (Å²) < 4.78 is 40.9. The van der Waals surface area contributed by atoms with E-state index in [2.05, 4.69) is 31.9 Å². The van der Waals surface area contributed by atoms with Gasteiger partial charge in [-0.25, -0.2) is 23.5 Å². The maximum absolute atomic E-state index is 15.5. The highest BCUT2D eigenvalue weighted by Gasteiger charge is 2.44. The highest BCUT2D eigenvalue weighted by molar-refractivity contribution is 7.10. The Morgan fingerprint density at radius 1 is 1.12 bits per heavy atom. The zero-order valence-corrected chi connectivity index (χ0v) is 27.9. The van der Waals surface area contributed by atoms with Gasteiger partial charge in [-0.1, -0.05) is 29.8 Å². The molecule has 0 aliphatic rings. The third-order valence-electron chi connectivity index (χ3n) is 7.85. The van der Waals surface area contributed by atoms with Crippen molar-refractivity contribution in [1.29, 1.82) is 5.26 Å². The second kappa shape index (κ2) is 16.2. The molecule has 15 heteroatoms. The molecule has 2 atom stereocenters. The number of carbonyl (C=O) groups excluding carboxylic acids is 2. The van der Waals surface area contributed by atoms with Crippen LogP contribution in [0.4, 0.5) is 19.3 Å². The predicted molar refractivity (Wildman–Crippen MR) is 180 cm³/mol. The summed E-state index contributed by atoms with van der Waals surface area (Å²) in [4.78, 5) is 33.8. The van der Waals surface area contributed by atoms with Gasteiger partial charge in [0.2, 0.25) is 0 Å². The number of aliphatic hydroxyl groups is 1. The number of nitrogens with one attached hydrogen (secondary N) is 3. The Kier molecular flexibility index (Phi) is 11.6. The van der Waals surface area contributed by atoms with Gasteiger partial charge in [0.1, 0.15) is 36.0 Å². The van der Waals surface area contributed by atoms with Gasteiger partial charge in [-0.2, -0.15) is 10.4 Å². The van der Waals surface area contributed by atoms with Crippen LogP contribution in [0.2, 0.25) is 0 Å². The maximum atomic E-state index is 15.5. The summed E-state index contributed by atoms with van der Waals surface area (Å²) in [5, 5.41) is 35.6. The quantitative estimate of drug-likeness (QED) is 0.108. The number of hydrogen-bond acceptors (Lipinski definition) is 11. The van der Waals surface area contributed by atoms with E-state index >= 15 is 4.39 Å². The van der Waals surface area contributed by atoms with E-state index in [4.69, 9.17) is 14.5 Å². The number of halogens is 2. The molecule has 12 nitrogen and oxygen atoms in total. The molecule has 0 fully saturated rings. The minimum absolute atomic E-state index is 0.0220. The van der Waals surface area contributed by atoms with Crippen LogP contribution in [-0.2, 0) is 32.9 Å². The number of thiazole rings is 1. The smallest absolute Gasteiger partial charge is 0.411 e. The number of nitrogens with zero attached hydrogens (tertiary/aromatic N) is 4. The Morgan fingerprint density at radius 2 is 1.92 bits per heavy atom. The lowest BCUT2D eigenvalue weighted by atomic mass is 9.76. The second-order valence-corrected chi connectivity index (χ2v) is 12.3. The summed E-state index contributed by atoms with van der Waals surface area (Å²) in [6.45, 7) is 1.53. The molecule has 0 spiro atoms. The molecule has 2 aromatic heterocycles. The van der Waals surface area contributed by atoms with Crippen molar-refractivity contribution in [3.8, 4) is 17.3 Å². The van der Waals surface area contributed by atoms with Crippen molar-refractivity contribution in [2.45, 2.75) is 37.9 Å². The third kappa shape index (κ3) is 8.72. The highest BCUT2D eigenvalue weighted by Crippen LogP contribution is 2.44. The Morgan fingerprint density at radius 3 is 2.64 bits per heavy atom. The summed E-state index contributed by atoms with van der Waals surface area (Å²) in [7, 11) is 1.62. The number of hydrogen-bond donors (Lipinski definition) is 4. The number of carbonyl (C=O) groups is 2. The average molecular weight is 702 g/mol. The van der Waals surface area contributed by atoms with Crippen molar-refractivity contribution in [2.75, 3.05) is 25.5 Å². The summed E-state index contributed by atoms with van der Waals surface area (Å²) in [6, 6.07) is 16.8. The standard InChI is InChI=1S/C35H33F2N7O5S/c1-21-3-10-29(24(13-21)18-49-32(45)17-39-2)43-34(46)48-12-11-26(33-42-30(19-50-33)23-6-4-22(16-38)5-7-23)35(47,15-31-40-20-41-44-31)27-14-25(36)8-9-28(27)37/h3-10,13-14,19-20,26,39,47H,11-12,15,17-18H2,1-2H3,(H,43,46)(H,40,41,44)/t26-,35+/m0/s1. The Balaban J connectivity index is 1.43. The van der Waals surface area contributed by atoms with Gasteiger partial charge in [0.05, 0.1) is 41.2 Å². The zero-order valence-electron chi connectivity index (χ0n) is 27.1. The Hall–Kier alpha value is -5.56. The molecule has 258 valence electrons. The SMILES string of the molecule is CNCC(=O)OCc1cc(C)ccc1NC(=O)OCC[C@@H](c1nc(-c2ccc(C#N)cc2)cs1)[C@](O)(Cc1ncn[nH]1)c1cc(F)ccc1F. The van der Waals surface area contributed by atoms with Crippen LogP contribution in [0.3, 0.4) is 0 Å². The first-order chi connectivity index (χ1) is 24.1. The van der Waals surface area contributed by atoms with E-state index in [1.54, 1.807) is 54.9 Å². The highest BCUT2D eigenvalue weighted by atomic mass is 32.1. The van der Waals surface area contributed by atoms with E-state index in [9.17, 15) is 24.3 Å². The van der Waals surface area contributed by atoms with Crippen LogP contribution >= 0.6 is 11.3 Å². The molecular weight excluding hydrogens is 668 g/mol. The first-order valence-corrected chi connectivity index (χ1v) is 16.3. The average Bonchev–Trinajstić information content (AvgIpc) is 3.81. The molecule has 0 unspecified atom stereocenters. The first-order valence-electron chi connectivity index (χ1n) is 15.4. The third-order valence-corrected chi connectivity index (χ3v) is 8.81. The number of benzene rings is 3. The van der Waals surface area contributed by atoms with Gasteiger partial charge in [0.25, 0.3) is 0 Å². The summed E-state index contributed by atoms with van der Waals surface area (Å²) in [6.07, 6.45) is 0.0164. The lowest BCUT2D eigenvalue weighted by Gasteiger charge is -2.35. The number of amides is 1. The number of rotatable bonds is 14. The van der Waals surface area contributed by atoms with Gasteiger partial charge < -0.3 is 19.9 Å². The lowest BCUT2D eigenvalue weighted by molar-refractivity contribution is -0.143. The van der Waals surface area contributed by atoms with Crippen molar-refractivity contribution < 1.29 is 33.0 Å². The van der Waals surface area contributed by atoms with E-state index in [0.717, 1.165) is 23.8 Å². The molecule has 0 aliphatic heterocycles. The van der Waals surface area contributed by atoms with E-state index in [-0.39, 0.29) is 44.0 Å².